The molecule has 0 spiro atoms. The highest BCUT2D eigenvalue weighted by Gasteiger charge is 2.19. The monoisotopic (exact) mass is 330 g/mol. The number of sulfonamides is 1. The van der Waals surface area contributed by atoms with Gasteiger partial charge in [-0.1, -0.05) is 39.0 Å². The molecular formula is C16H18N4O2S. The summed E-state index contributed by atoms with van der Waals surface area (Å²) in [5, 5.41) is 10.4. The molecule has 3 rings (SSSR count). The summed E-state index contributed by atoms with van der Waals surface area (Å²) < 4.78 is 27.7. The molecule has 6 nitrogen and oxygen atoms in total. The molecule has 3 aromatic rings. The molecule has 1 heterocycles. The maximum absolute atomic E-state index is 12.6. The lowest BCUT2D eigenvalue weighted by atomic mass is 9.87. The largest absolute Gasteiger partial charge is 0.277 e. The number of aromatic nitrogens is 3. The number of aromatic amines is 1. The van der Waals surface area contributed by atoms with Crippen LogP contribution in [0.5, 0.6) is 0 Å². The Bertz CT molecular complexity index is 938. The fraction of sp³-hybridized carbons (Fsp3) is 0.250. The number of rotatable bonds is 3. The lowest BCUT2D eigenvalue weighted by molar-refractivity contribution is 0.587. The second-order valence-corrected chi connectivity index (χ2v) is 8.06. The number of para-hydroxylation sites is 1. The van der Waals surface area contributed by atoms with Gasteiger partial charge in [-0.05, 0) is 35.2 Å². The van der Waals surface area contributed by atoms with Crippen LogP contribution in [0.25, 0.3) is 11.0 Å². The normalized spacial score (nSPS) is 12.5. The molecular weight excluding hydrogens is 312 g/mol. The van der Waals surface area contributed by atoms with E-state index in [1.807, 2.05) is 12.1 Å². The molecule has 0 aliphatic rings. The van der Waals surface area contributed by atoms with Gasteiger partial charge in [0.25, 0.3) is 10.0 Å². The first-order valence-electron chi connectivity index (χ1n) is 7.20. The molecule has 0 bridgehead atoms. The molecule has 0 aliphatic carbocycles. The van der Waals surface area contributed by atoms with Gasteiger partial charge in [0.15, 0.2) is 0 Å². The second-order valence-electron chi connectivity index (χ2n) is 6.38. The lowest BCUT2D eigenvalue weighted by Crippen LogP contribution is -2.15. The number of hydrogen-bond donors (Lipinski definition) is 2. The van der Waals surface area contributed by atoms with E-state index in [9.17, 15) is 8.42 Å². The van der Waals surface area contributed by atoms with Gasteiger partial charge in [-0.25, -0.2) is 8.42 Å². The highest BCUT2D eigenvalue weighted by molar-refractivity contribution is 7.92. The van der Waals surface area contributed by atoms with Crippen LogP contribution in [0.1, 0.15) is 26.3 Å². The highest BCUT2D eigenvalue weighted by Crippen LogP contribution is 2.25. The molecule has 2 aromatic carbocycles. The van der Waals surface area contributed by atoms with Crippen molar-refractivity contribution in [1.29, 1.82) is 0 Å². The van der Waals surface area contributed by atoms with Crippen molar-refractivity contribution in [2.75, 3.05) is 4.72 Å². The van der Waals surface area contributed by atoms with E-state index in [0.717, 1.165) is 5.56 Å². The molecule has 7 heteroatoms. The van der Waals surface area contributed by atoms with Gasteiger partial charge in [0.05, 0.1) is 10.6 Å². The molecule has 120 valence electrons. The Morgan fingerprint density at radius 2 is 1.70 bits per heavy atom. The van der Waals surface area contributed by atoms with Gasteiger partial charge in [0.1, 0.15) is 11.0 Å². The van der Waals surface area contributed by atoms with Crippen LogP contribution in [0.2, 0.25) is 0 Å². The smallest absolute Gasteiger partial charge is 0.261 e. The van der Waals surface area contributed by atoms with Crippen LogP contribution >= 0.6 is 0 Å². The molecule has 0 fully saturated rings. The van der Waals surface area contributed by atoms with E-state index in [1.54, 1.807) is 30.3 Å². The quantitative estimate of drug-likeness (QED) is 0.772. The van der Waals surface area contributed by atoms with Gasteiger partial charge >= 0.3 is 0 Å². The molecule has 0 saturated heterocycles. The molecule has 0 saturated carbocycles. The summed E-state index contributed by atoms with van der Waals surface area (Å²) in [5.41, 5.74) is 2.55. The van der Waals surface area contributed by atoms with Gasteiger partial charge in [0, 0.05) is 0 Å². The molecule has 23 heavy (non-hydrogen) atoms. The Kier molecular flexibility index (Phi) is 3.60. The van der Waals surface area contributed by atoms with Gasteiger partial charge < -0.3 is 0 Å². The minimum Gasteiger partial charge on any atom is -0.277 e. The molecule has 0 aliphatic heterocycles. The van der Waals surface area contributed by atoms with E-state index in [-0.39, 0.29) is 10.3 Å². The summed E-state index contributed by atoms with van der Waals surface area (Å²) in [6.45, 7) is 6.25. The number of hydrogen-bond acceptors (Lipinski definition) is 4. The van der Waals surface area contributed by atoms with Crippen molar-refractivity contribution in [3.05, 3.63) is 48.0 Å². The van der Waals surface area contributed by atoms with Crippen molar-refractivity contribution in [1.82, 2.24) is 15.4 Å². The lowest BCUT2D eigenvalue weighted by Gasteiger charge is -2.19. The fourth-order valence-electron chi connectivity index (χ4n) is 2.29. The number of benzene rings is 2. The zero-order valence-corrected chi connectivity index (χ0v) is 14.0. The van der Waals surface area contributed by atoms with Crippen LogP contribution in [-0.4, -0.2) is 23.8 Å². The van der Waals surface area contributed by atoms with Crippen LogP contribution in [0.15, 0.2) is 47.4 Å². The van der Waals surface area contributed by atoms with Crippen molar-refractivity contribution in [3.8, 4) is 0 Å². The predicted molar refractivity (Wildman–Crippen MR) is 89.8 cm³/mol. The molecule has 1 aromatic heterocycles. The summed E-state index contributed by atoms with van der Waals surface area (Å²) in [5.74, 6) is 0. The Morgan fingerprint density at radius 3 is 2.35 bits per heavy atom. The van der Waals surface area contributed by atoms with E-state index in [1.165, 1.54) is 0 Å². The van der Waals surface area contributed by atoms with Crippen LogP contribution in [0.3, 0.4) is 0 Å². The summed E-state index contributed by atoms with van der Waals surface area (Å²) in [4.78, 5) is 0.214. The minimum absolute atomic E-state index is 0.0258. The van der Waals surface area contributed by atoms with Crippen molar-refractivity contribution in [2.24, 2.45) is 0 Å². The van der Waals surface area contributed by atoms with Gasteiger partial charge in [-0.2, -0.15) is 15.4 Å². The SMILES string of the molecule is CC(C)(C)c1ccc(S(=O)(=O)Nc2cccc3n[nH]nc23)cc1. The average molecular weight is 330 g/mol. The Morgan fingerprint density at radius 1 is 1.00 bits per heavy atom. The van der Waals surface area contributed by atoms with Crippen LogP contribution in [0.4, 0.5) is 5.69 Å². The summed E-state index contributed by atoms with van der Waals surface area (Å²) >= 11 is 0. The summed E-state index contributed by atoms with van der Waals surface area (Å²) in [7, 11) is -3.68. The first-order valence-corrected chi connectivity index (χ1v) is 8.68. The maximum atomic E-state index is 12.6. The van der Waals surface area contributed by atoms with Crippen LogP contribution in [-0.2, 0) is 15.4 Å². The molecule has 0 unspecified atom stereocenters. The van der Waals surface area contributed by atoms with E-state index < -0.39 is 10.0 Å². The summed E-state index contributed by atoms with van der Waals surface area (Å²) in [6.07, 6.45) is 0. The Balaban J connectivity index is 1.94. The molecule has 0 radical (unpaired) electrons. The number of nitrogens with zero attached hydrogens (tertiary/aromatic N) is 2. The third-order valence-corrected chi connectivity index (χ3v) is 5.00. The topological polar surface area (TPSA) is 87.7 Å². The van der Waals surface area contributed by atoms with Gasteiger partial charge in [0.2, 0.25) is 0 Å². The molecule has 0 amide bonds. The van der Waals surface area contributed by atoms with Crippen LogP contribution < -0.4 is 4.72 Å². The van der Waals surface area contributed by atoms with E-state index in [0.29, 0.717) is 16.7 Å². The third-order valence-electron chi connectivity index (χ3n) is 3.62. The van der Waals surface area contributed by atoms with Crippen molar-refractivity contribution in [2.45, 2.75) is 31.1 Å². The summed E-state index contributed by atoms with van der Waals surface area (Å²) in [6, 6.07) is 12.1. The van der Waals surface area contributed by atoms with Gasteiger partial charge in [-0.3, -0.25) is 4.72 Å². The van der Waals surface area contributed by atoms with E-state index >= 15 is 0 Å². The minimum atomic E-state index is -3.68. The predicted octanol–water partition coefficient (Wildman–Crippen LogP) is 3.06. The highest BCUT2D eigenvalue weighted by atomic mass is 32.2. The van der Waals surface area contributed by atoms with Crippen LogP contribution in [0, 0.1) is 0 Å². The van der Waals surface area contributed by atoms with E-state index in [2.05, 4.69) is 40.9 Å². The third kappa shape index (κ3) is 3.05. The maximum Gasteiger partial charge on any atom is 0.261 e. The molecule has 0 atom stereocenters. The first kappa shape index (κ1) is 15.5. The number of anilines is 1. The molecule has 2 N–H and O–H groups in total. The Hall–Kier alpha value is -2.41. The fourth-order valence-corrected chi connectivity index (χ4v) is 3.35. The number of H-pyrrole nitrogens is 1. The van der Waals surface area contributed by atoms with Crippen molar-refractivity contribution in [3.63, 3.8) is 0 Å². The zero-order valence-electron chi connectivity index (χ0n) is 13.2. The standard InChI is InChI=1S/C16H18N4O2S/c1-16(2,3)11-7-9-12(10-8-11)23(21,22)19-14-6-4-5-13-15(14)18-20-17-13/h4-10,19H,1-3H3,(H,17,18,20). The zero-order chi connectivity index (χ0) is 16.7. The first-order chi connectivity index (χ1) is 10.8. The second kappa shape index (κ2) is 5.34. The van der Waals surface area contributed by atoms with Crippen molar-refractivity contribution < 1.29 is 8.42 Å². The van der Waals surface area contributed by atoms with E-state index in [4.69, 9.17) is 0 Å². The van der Waals surface area contributed by atoms with Gasteiger partial charge in [-0.15, -0.1) is 0 Å². The average Bonchev–Trinajstić information content (AvgIpc) is 2.96. The van der Waals surface area contributed by atoms with Crippen molar-refractivity contribution >= 4 is 26.7 Å². The Labute approximate surface area is 135 Å². The number of fused-ring (bicyclic) bond motifs is 1. The number of nitrogens with one attached hydrogen (secondary N) is 2.